The molecule has 0 saturated carbocycles. The molecule has 0 bridgehead atoms. The molecule has 0 saturated heterocycles. The maximum Gasteiger partial charge on any atom is 0.416 e. The Morgan fingerprint density at radius 2 is 1.97 bits per heavy atom. The minimum absolute atomic E-state index is 0.0317. The van der Waals surface area contributed by atoms with Crippen molar-refractivity contribution in [3.8, 4) is 5.69 Å². The molecule has 13 heteroatoms. The third kappa shape index (κ3) is 5.24. The Bertz CT molecular complexity index is 1230. The van der Waals surface area contributed by atoms with Crippen molar-refractivity contribution in [1.82, 2.24) is 14.8 Å². The highest BCUT2D eigenvalue weighted by atomic mass is 32.2. The van der Waals surface area contributed by atoms with Crippen LogP contribution in [0.4, 0.5) is 27.6 Å². The van der Waals surface area contributed by atoms with Crippen molar-refractivity contribution in [2.45, 2.75) is 42.2 Å². The standard InChI is InChI=1S/C20H17F5N4O3S/c1-2-3-11-4-6-15(13(8-11)14(22)10-21)28-18(30)26-27-19(28)33-17-7-5-12(20(23,24)25)9-16(17)29(31)32/h4-9,14H,2-3,10H2,1H3,(H,26,30). The molecular weight excluding hydrogens is 471 g/mol. The van der Waals surface area contributed by atoms with Crippen molar-refractivity contribution < 1.29 is 26.9 Å². The number of rotatable bonds is 8. The number of H-pyrrole nitrogens is 1. The summed E-state index contributed by atoms with van der Waals surface area (Å²) in [5, 5.41) is 17.1. The van der Waals surface area contributed by atoms with E-state index in [1.807, 2.05) is 6.92 Å². The van der Waals surface area contributed by atoms with Crippen LogP contribution in [0, 0.1) is 10.1 Å². The zero-order chi connectivity index (χ0) is 24.3. The van der Waals surface area contributed by atoms with Crippen LogP contribution in [0.5, 0.6) is 0 Å². The van der Waals surface area contributed by atoms with Crippen LogP contribution in [0.2, 0.25) is 0 Å². The summed E-state index contributed by atoms with van der Waals surface area (Å²) in [5.41, 5.74) is -2.32. The molecule has 1 atom stereocenters. The van der Waals surface area contributed by atoms with Gasteiger partial charge in [-0.2, -0.15) is 13.2 Å². The first-order chi connectivity index (χ1) is 15.6. The molecule has 7 nitrogen and oxygen atoms in total. The van der Waals surface area contributed by atoms with Gasteiger partial charge in [-0.25, -0.2) is 23.2 Å². The van der Waals surface area contributed by atoms with E-state index in [1.165, 1.54) is 12.1 Å². The topological polar surface area (TPSA) is 93.8 Å². The van der Waals surface area contributed by atoms with Crippen LogP contribution in [0.25, 0.3) is 5.69 Å². The number of nitro benzene ring substituents is 1. The average Bonchev–Trinajstić information content (AvgIpc) is 3.12. The van der Waals surface area contributed by atoms with Gasteiger partial charge in [-0.1, -0.05) is 25.5 Å². The number of nitro groups is 1. The van der Waals surface area contributed by atoms with Gasteiger partial charge in [0, 0.05) is 11.6 Å². The quantitative estimate of drug-likeness (QED) is 0.254. The van der Waals surface area contributed by atoms with Crippen molar-refractivity contribution in [2.75, 3.05) is 6.67 Å². The molecule has 0 aliphatic heterocycles. The molecule has 1 unspecified atom stereocenters. The summed E-state index contributed by atoms with van der Waals surface area (Å²) >= 11 is 0.542. The molecule has 33 heavy (non-hydrogen) atoms. The van der Waals surface area contributed by atoms with Crippen molar-refractivity contribution in [2.24, 2.45) is 0 Å². The lowest BCUT2D eigenvalue weighted by Crippen LogP contribution is -2.18. The van der Waals surface area contributed by atoms with Gasteiger partial charge in [0.05, 0.1) is 21.1 Å². The summed E-state index contributed by atoms with van der Waals surface area (Å²) in [6.45, 7) is 0.560. The maximum atomic E-state index is 14.4. The molecule has 3 aromatic rings. The van der Waals surface area contributed by atoms with Crippen molar-refractivity contribution >= 4 is 17.4 Å². The Morgan fingerprint density at radius 1 is 1.24 bits per heavy atom. The molecule has 0 spiro atoms. The molecule has 0 aliphatic rings. The van der Waals surface area contributed by atoms with Gasteiger partial charge in [-0.15, -0.1) is 5.10 Å². The summed E-state index contributed by atoms with van der Waals surface area (Å²) in [4.78, 5) is 22.6. The first kappa shape index (κ1) is 24.4. The van der Waals surface area contributed by atoms with Crippen LogP contribution in [0.3, 0.4) is 0 Å². The number of hydrogen-bond donors (Lipinski definition) is 1. The second-order valence-electron chi connectivity index (χ2n) is 6.95. The second kappa shape index (κ2) is 9.73. The third-order valence-corrected chi connectivity index (χ3v) is 5.69. The Kier molecular flexibility index (Phi) is 7.20. The smallest absolute Gasteiger partial charge is 0.258 e. The molecule has 1 heterocycles. The van der Waals surface area contributed by atoms with E-state index in [9.17, 15) is 36.9 Å². The Hall–Kier alpha value is -3.22. The van der Waals surface area contributed by atoms with E-state index in [-0.39, 0.29) is 21.3 Å². The van der Waals surface area contributed by atoms with E-state index in [2.05, 4.69) is 10.2 Å². The Morgan fingerprint density at radius 3 is 2.58 bits per heavy atom. The van der Waals surface area contributed by atoms with Crippen LogP contribution in [-0.2, 0) is 12.6 Å². The minimum Gasteiger partial charge on any atom is -0.258 e. The van der Waals surface area contributed by atoms with Gasteiger partial charge in [-0.05, 0) is 41.9 Å². The molecule has 3 rings (SSSR count). The number of hydrogen-bond acceptors (Lipinski definition) is 5. The van der Waals surface area contributed by atoms with Gasteiger partial charge >= 0.3 is 11.9 Å². The monoisotopic (exact) mass is 488 g/mol. The zero-order valence-electron chi connectivity index (χ0n) is 17.0. The number of aromatic amines is 1. The molecule has 176 valence electrons. The third-order valence-electron chi connectivity index (χ3n) is 4.67. The lowest BCUT2D eigenvalue weighted by Gasteiger charge is -2.15. The van der Waals surface area contributed by atoms with Crippen LogP contribution in [-0.4, -0.2) is 26.4 Å². The number of nitrogens with zero attached hydrogens (tertiary/aromatic N) is 3. The first-order valence-corrected chi connectivity index (χ1v) is 10.4. The van der Waals surface area contributed by atoms with Crippen molar-refractivity contribution in [3.63, 3.8) is 0 Å². The number of benzene rings is 2. The number of aryl methyl sites for hydroxylation is 1. The fraction of sp³-hybridized carbons (Fsp3) is 0.300. The largest absolute Gasteiger partial charge is 0.416 e. The number of nitrogens with one attached hydrogen (secondary N) is 1. The summed E-state index contributed by atoms with van der Waals surface area (Å²) in [5.74, 6) is 0. The van der Waals surface area contributed by atoms with Gasteiger partial charge in [0.2, 0.25) is 5.16 Å². The second-order valence-corrected chi connectivity index (χ2v) is 7.96. The fourth-order valence-electron chi connectivity index (χ4n) is 3.17. The average molecular weight is 488 g/mol. The maximum absolute atomic E-state index is 14.4. The predicted molar refractivity (Wildman–Crippen MR) is 110 cm³/mol. The van der Waals surface area contributed by atoms with Crippen LogP contribution in [0.1, 0.15) is 36.2 Å². The summed E-state index contributed by atoms with van der Waals surface area (Å²) in [6.07, 6.45) is -5.50. The molecule has 2 aromatic carbocycles. The van der Waals surface area contributed by atoms with Crippen molar-refractivity contribution in [1.29, 1.82) is 0 Å². The Labute approximate surface area is 187 Å². The predicted octanol–water partition coefficient (Wildman–Crippen LogP) is 5.57. The molecule has 0 fully saturated rings. The molecule has 0 radical (unpaired) electrons. The lowest BCUT2D eigenvalue weighted by molar-refractivity contribution is -0.388. The van der Waals surface area contributed by atoms with E-state index in [4.69, 9.17) is 0 Å². The summed E-state index contributed by atoms with van der Waals surface area (Å²) in [7, 11) is 0. The summed E-state index contributed by atoms with van der Waals surface area (Å²) in [6, 6.07) is 6.39. The molecular formula is C20H17F5N4O3S. The highest BCUT2D eigenvalue weighted by Gasteiger charge is 2.33. The van der Waals surface area contributed by atoms with Crippen molar-refractivity contribution in [3.05, 3.63) is 73.7 Å². The van der Waals surface area contributed by atoms with E-state index >= 15 is 0 Å². The molecule has 0 aliphatic carbocycles. The molecule has 1 N–H and O–H groups in total. The fourth-order valence-corrected chi connectivity index (χ4v) is 4.10. The number of halogens is 5. The SMILES string of the molecule is CCCc1ccc(-n2c(Sc3ccc(C(F)(F)F)cc3[N+](=O)[O-])n[nH]c2=O)c(C(F)CF)c1. The highest BCUT2D eigenvalue weighted by molar-refractivity contribution is 7.99. The van der Waals surface area contributed by atoms with Gasteiger partial charge in [-0.3, -0.25) is 10.1 Å². The van der Waals surface area contributed by atoms with E-state index < -0.39 is 40.9 Å². The van der Waals surface area contributed by atoms with Crippen LogP contribution in [0.15, 0.2) is 51.2 Å². The van der Waals surface area contributed by atoms with Gasteiger partial charge in [0.15, 0.2) is 6.17 Å². The van der Waals surface area contributed by atoms with Gasteiger partial charge in [0.1, 0.15) is 6.67 Å². The highest BCUT2D eigenvalue weighted by Crippen LogP contribution is 2.39. The minimum atomic E-state index is -4.79. The molecule has 0 amide bonds. The number of alkyl halides is 5. The zero-order valence-corrected chi connectivity index (χ0v) is 17.8. The first-order valence-electron chi connectivity index (χ1n) is 9.61. The summed E-state index contributed by atoms with van der Waals surface area (Å²) < 4.78 is 67.4. The van der Waals surface area contributed by atoms with Crippen LogP contribution >= 0.6 is 11.8 Å². The van der Waals surface area contributed by atoms with Gasteiger partial charge < -0.3 is 0 Å². The normalized spacial score (nSPS) is 12.7. The van der Waals surface area contributed by atoms with E-state index in [0.717, 1.165) is 22.6 Å². The Balaban J connectivity index is 2.12. The van der Waals surface area contributed by atoms with Gasteiger partial charge in [0.25, 0.3) is 5.69 Å². The lowest BCUT2D eigenvalue weighted by atomic mass is 10.0. The van der Waals surface area contributed by atoms with Crippen LogP contribution < -0.4 is 5.69 Å². The van der Waals surface area contributed by atoms with E-state index in [1.54, 1.807) is 6.07 Å². The number of aromatic nitrogens is 3. The van der Waals surface area contributed by atoms with E-state index in [0.29, 0.717) is 30.3 Å². The molecule has 1 aromatic heterocycles.